The standard InChI is InChI=1S/C37H64N2O7/c1-3-5-7-8-9-10-11-12-13-14-15-16-17-18-19-25-29-36(43)46-32(26-22-6-4-2)27-23-20-21-24-28-34(41)38-30-35(42)39-33(31-40)37(44)45/h10-11,13-14,22,26,32-33,40H,3-9,12,15-21,23-25,27-31H2,1-2H3,(H,38,41)(H,39,42)(H,44,45)/b11-10-,14-13-,26-22-. The van der Waals surface area contributed by atoms with Gasteiger partial charge in [-0.15, -0.1) is 0 Å². The summed E-state index contributed by atoms with van der Waals surface area (Å²) in [6, 6.07) is -1.39. The molecule has 9 heteroatoms. The Morgan fingerprint density at radius 2 is 1.28 bits per heavy atom. The summed E-state index contributed by atoms with van der Waals surface area (Å²) >= 11 is 0. The van der Waals surface area contributed by atoms with Crippen molar-refractivity contribution in [1.82, 2.24) is 10.6 Å². The lowest BCUT2D eigenvalue weighted by Gasteiger charge is -2.15. The van der Waals surface area contributed by atoms with Crippen molar-refractivity contribution in [3.63, 3.8) is 0 Å². The summed E-state index contributed by atoms with van der Waals surface area (Å²) in [7, 11) is 0. The maximum absolute atomic E-state index is 12.5. The van der Waals surface area contributed by atoms with Gasteiger partial charge in [-0.1, -0.05) is 102 Å². The molecule has 4 N–H and O–H groups in total. The lowest BCUT2D eigenvalue weighted by Crippen LogP contribution is -2.47. The van der Waals surface area contributed by atoms with E-state index < -0.39 is 24.5 Å². The molecule has 0 aliphatic carbocycles. The molecule has 2 atom stereocenters. The van der Waals surface area contributed by atoms with E-state index in [2.05, 4.69) is 54.9 Å². The molecule has 46 heavy (non-hydrogen) atoms. The van der Waals surface area contributed by atoms with Gasteiger partial charge in [0.05, 0.1) is 13.2 Å². The number of aliphatic hydroxyl groups is 1. The first kappa shape index (κ1) is 43.1. The van der Waals surface area contributed by atoms with Gasteiger partial charge in [0.25, 0.3) is 0 Å². The molecule has 0 aromatic carbocycles. The number of nitrogens with one attached hydrogen (secondary N) is 2. The molecule has 0 radical (unpaired) electrons. The molecular weight excluding hydrogens is 584 g/mol. The molecule has 0 fully saturated rings. The van der Waals surface area contributed by atoms with Crippen molar-refractivity contribution in [2.45, 2.75) is 161 Å². The van der Waals surface area contributed by atoms with Crippen LogP contribution in [0.5, 0.6) is 0 Å². The zero-order valence-electron chi connectivity index (χ0n) is 28.8. The topological polar surface area (TPSA) is 142 Å². The molecule has 0 saturated carbocycles. The first-order chi connectivity index (χ1) is 22.3. The van der Waals surface area contributed by atoms with Crippen LogP contribution in [0.1, 0.15) is 149 Å². The van der Waals surface area contributed by atoms with Crippen LogP contribution in [0.15, 0.2) is 36.5 Å². The van der Waals surface area contributed by atoms with Gasteiger partial charge < -0.3 is 25.6 Å². The monoisotopic (exact) mass is 648 g/mol. The second-order valence-corrected chi connectivity index (χ2v) is 11.9. The van der Waals surface area contributed by atoms with Crippen LogP contribution < -0.4 is 10.6 Å². The highest BCUT2D eigenvalue weighted by Crippen LogP contribution is 2.14. The number of allylic oxidation sites excluding steroid dienone is 5. The first-order valence-corrected chi connectivity index (χ1v) is 17.9. The van der Waals surface area contributed by atoms with Crippen LogP contribution in [0.4, 0.5) is 0 Å². The third kappa shape index (κ3) is 28.5. The van der Waals surface area contributed by atoms with Gasteiger partial charge in [-0.3, -0.25) is 14.4 Å². The Morgan fingerprint density at radius 3 is 1.91 bits per heavy atom. The van der Waals surface area contributed by atoms with Crippen molar-refractivity contribution >= 4 is 23.8 Å². The van der Waals surface area contributed by atoms with E-state index in [9.17, 15) is 19.2 Å². The maximum atomic E-state index is 12.5. The normalized spacial score (nSPS) is 12.9. The molecule has 0 spiro atoms. The van der Waals surface area contributed by atoms with Crippen LogP contribution in [0, 0.1) is 0 Å². The second-order valence-electron chi connectivity index (χ2n) is 11.9. The predicted octanol–water partition coefficient (Wildman–Crippen LogP) is 7.48. The van der Waals surface area contributed by atoms with E-state index in [0.717, 1.165) is 70.6 Å². The van der Waals surface area contributed by atoms with Crippen LogP contribution in [0.2, 0.25) is 0 Å². The number of amides is 2. The highest BCUT2D eigenvalue weighted by molar-refractivity contribution is 5.87. The fraction of sp³-hybridized carbons (Fsp3) is 0.730. The summed E-state index contributed by atoms with van der Waals surface area (Å²) in [5, 5.41) is 22.4. The van der Waals surface area contributed by atoms with E-state index in [-0.39, 0.29) is 30.9 Å². The Bertz CT molecular complexity index is 885. The molecule has 0 aromatic heterocycles. The third-order valence-corrected chi connectivity index (χ3v) is 7.57. The van der Waals surface area contributed by atoms with E-state index in [1.807, 2.05) is 6.08 Å². The van der Waals surface area contributed by atoms with Crippen molar-refractivity contribution in [2.24, 2.45) is 0 Å². The van der Waals surface area contributed by atoms with Crippen LogP contribution in [-0.4, -0.2) is 59.3 Å². The van der Waals surface area contributed by atoms with Crippen LogP contribution in [-0.2, 0) is 23.9 Å². The summed E-state index contributed by atoms with van der Waals surface area (Å²) in [5.74, 6) is -2.44. The summed E-state index contributed by atoms with van der Waals surface area (Å²) in [5.41, 5.74) is 0. The molecule has 0 aliphatic heterocycles. The smallest absolute Gasteiger partial charge is 0.328 e. The molecule has 0 aromatic rings. The minimum Gasteiger partial charge on any atom is -0.480 e. The number of aliphatic hydroxyl groups excluding tert-OH is 1. The van der Waals surface area contributed by atoms with Gasteiger partial charge in [-0.05, 0) is 70.3 Å². The molecule has 264 valence electrons. The van der Waals surface area contributed by atoms with Gasteiger partial charge >= 0.3 is 11.9 Å². The van der Waals surface area contributed by atoms with Crippen molar-refractivity contribution in [1.29, 1.82) is 0 Å². The summed E-state index contributed by atoms with van der Waals surface area (Å²) in [4.78, 5) is 47.0. The molecule has 0 aliphatic rings. The summed E-state index contributed by atoms with van der Waals surface area (Å²) < 4.78 is 5.78. The van der Waals surface area contributed by atoms with E-state index in [1.165, 1.54) is 44.9 Å². The summed E-state index contributed by atoms with van der Waals surface area (Å²) in [6.07, 6.45) is 33.7. The molecule has 0 heterocycles. The zero-order chi connectivity index (χ0) is 34.1. The summed E-state index contributed by atoms with van der Waals surface area (Å²) in [6.45, 7) is 3.29. The van der Waals surface area contributed by atoms with Gasteiger partial charge in [0.1, 0.15) is 12.1 Å². The number of hydrogen-bond acceptors (Lipinski definition) is 6. The number of aliphatic carboxylic acids is 1. The van der Waals surface area contributed by atoms with Crippen molar-refractivity contribution < 1.29 is 34.1 Å². The number of hydrogen-bond donors (Lipinski definition) is 4. The largest absolute Gasteiger partial charge is 0.480 e. The van der Waals surface area contributed by atoms with E-state index in [1.54, 1.807) is 0 Å². The number of carboxylic acids is 1. The number of rotatable bonds is 31. The van der Waals surface area contributed by atoms with E-state index in [0.29, 0.717) is 12.8 Å². The number of unbranched alkanes of at least 4 members (excludes halogenated alkanes) is 13. The SMILES string of the molecule is CCC/C=C\C(CCCCCCC(=O)NCC(=O)NC(CO)C(=O)O)OC(=O)CCCCCCC/C=C\C/C=C\CCCCCC. The molecule has 2 amide bonds. The fourth-order valence-corrected chi connectivity index (χ4v) is 4.78. The number of ether oxygens (including phenoxy) is 1. The van der Waals surface area contributed by atoms with Gasteiger partial charge in [-0.25, -0.2) is 4.79 Å². The molecule has 0 bridgehead atoms. The number of carbonyl (C=O) groups is 4. The van der Waals surface area contributed by atoms with Crippen LogP contribution in [0.3, 0.4) is 0 Å². The minimum atomic E-state index is -1.39. The molecule has 2 unspecified atom stereocenters. The Morgan fingerprint density at radius 1 is 0.674 bits per heavy atom. The van der Waals surface area contributed by atoms with Crippen molar-refractivity contribution in [3.8, 4) is 0 Å². The van der Waals surface area contributed by atoms with Crippen LogP contribution in [0.25, 0.3) is 0 Å². The molecule has 0 rings (SSSR count). The molecule has 0 saturated heterocycles. The molecule has 9 nitrogen and oxygen atoms in total. The predicted molar refractivity (Wildman–Crippen MR) is 185 cm³/mol. The third-order valence-electron chi connectivity index (χ3n) is 7.57. The number of carbonyl (C=O) groups excluding carboxylic acids is 3. The van der Waals surface area contributed by atoms with Gasteiger partial charge in [0, 0.05) is 12.8 Å². The van der Waals surface area contributed by atoms with E-state index >= 15 is 0 Å². The van der Waals surface area contributed by atoms with Gasteiger partial charge in [0.15, 0.2) is 0 Å². The molecular formula is C37H64N2O7. The van der Waals surface area contributed by atoms with Crippen LogP contribution >= 0.6 is 0 Å². The van der Waals surface area contributed by atoms with Crippen molar-refractivity contribution in [2.75, 3.05) is 13.2 Å². The Hall–Kier alpha value is -2.94. The van der Waals surface area contributed by atoms with Gasteiger partial charge in [0.2, 0.25) is 11.8 Å². The maximum Gasteiger partial charge on any atom is 0.328 e. The second kappa shape index (κ2) is 32.0. The number of carboxylic acid groups (broad SMARTS) is 1. The lowest BCUT2D eigenvalue weighted by atomic mass is 10.1. The Labute approximate surface area is 278 Å². The quantitative estimate of drug-likeness (QED) is 0.0347. The van der Waals surface area contributed by atoms with Gasteiger partial charge in [-0.2, -0.15) is 0 Å². The zero-order valence-corrected chi connectivity index (χ0v) is 28.8. The minimum absolute atomic E-state index is 0.137. The highest BCUT2D eigenvalue weighted by atomic mass is 16.5. The Balaban J connectivity index is 4.02. The highest BCUT2D eigenvalue weighted by Gasteiger charge is 2.18. The first-order valence-electron chi connectivity index (χ1n) is 17.9. The Kier molecular flexibility index (Phi) is 30.0. The lowest BCUT2D eigenvalue weighted by molar-refractivity contribution is -0.147. The average Bonchev–Trinajstić information content (AvgIpc) is 3.03. The fourth-order valence-electron chi connectivity index (χ4n) is 4.78. The van der Waals surface area contributed by atoms with Crippen molar-refractivity contribution in [3.05, 3.63) is 36.5 Å². The average molecular weight is 649 g/mol. The van der Waals surface area contributed by atoms with E-state index in [4.69, 9.17) is 14.9 Å². The number of esters is 1.